The summed E-state index contributed by atoms with van der Waals surface area (Å²) in [4.78, 5) is 0. The molecule has 0 N–H and O–H groups in total. The van der Waals surface area contributed by atoms with Crippen molar-refractivity contribution >= 4 is 113 Å². The van der Waals surface area contributed by atoms with Crippen LogP contribution >= 0.6 is 11.3 Å². The number of nitrogens with zero attached hydrogens (tertiary/aromatic N) is 3. The van der Waals surface area contributed by atoms with E-state index in [-0.39, 0.29) is 0 Å². The van der Waals surface area contributed by atoms with E-state index in [4.69, 9.17) is 0 Å². The van der Waals surface area contributed by atoms with Gasteiger partial charge in [0.05, 0.1) is 38.6 Å². The summed E-state index contributed by atoms with van der Waals surface area (Å²) >= 11 is 1.87. The van der Waals surface area contributed by atoms with Gasteiger partial charge in [0.15, 0.2) is 0 Å². The van der Waals surface area contributed by atoms with Gasteiger partial charge in [-0.15, -0.1) is 11.3 Å². The first-order chi connectivity index (χ1) is 28.8. The maximum absolute atomic E-state index is 2.47. The molecule has 0 fully saturated rings. The summed E-state index contributed by atoms with van der Waals surface area (Å²) in [7, 11) is 0. The van der Waals surface area contributed by atoms with E-state index in [1.54, 1.807) is 0 Å². The number of fused-ring (bicyclic) bond motifs is 15. The molecule has 0 amide bonds. The van der Waals surface area contributed by atoms with Crippen molar-refractivity contribution in [3.63, 3.8) is 0 Å². The number of para-hydroxylation sites is 4. The van der Waals surface area contributed by atoms with Crippen LogP contribution < -0.4 is 0 Å². The van der Waals surface area contributed by atoms with Gasteiger partial charge in [-0.3, -0.25) is 0 Å². The minimum atomic E-state index is 1.18. The summed E-state index contributed by atoms with van der Waals surface area (Å²) in [5.41, 5.74) is 13.5. The molecule has 14 aromatic rings. The molecule has 0 aliphatic heterocycles. The molecule has 0 aliphatic carbocycles. The minimum Gasteiger partial charge on any atom is -0.309 e. The predicted octanol–water partition coefficient (Wildman–Crippen LogP) is 15.1. The van der Waals surface area contributed by atoms with Gasteiger partial charge in [-0.25, -0.2) is 0 Å². The number of aromatic nitrogens is 3. The van der Waals surface area contributed by atoms with Crippen molar-refractivity contribution in [3.05, 3.63) is 188 Å². The summed E-state index contributed by atoms with van der Waals surface area (Å²) < 4.78 is 10.0. The van der Waals surface area contributed by atoms with E-state index in [0.717, 1.165) is 0 Å². The van der Waals surface area contributed by atoms with E-state index in [9.17, 15) is 0 Å². The van der Waals surface area contributed by atoms with Gasteiger partial charge >= 0.3 is 0 Å². The lowest BCUT2D eigenvalue weighted by atomic mass is 10.0. The average Bonchev–Trinajstić information content (AvgIpc) is 4.07. The average molecular weight is 754 g/mol. The van der Waals surface area contributed by atoms with Crippen LogP contribution in [0.3, 0.4) is 0 Å². The first kappa shape index (κ1) is 30.8. The van der Waals surface area contributed by atoms with Crippen LogP contribution in [0.2, 0.25) is 0 Å². The van der Waals surface area contributed by atoms with Gasteiger partial charge in [-0.2, -0.15) is 0 Å². The lowest BCUT2D eigenvalue weighted by Crippen LogP contribution is -1.94. The Labute approximate surface area is 335 Å². The van der Waals surface area contributed by atoms with Crippen molar-refractivity contribution in [1.82, 2.24) is 13.5 Å². The standard InChI is InChI=1S/C54H31N3S/c1-6-16-46-36(11-1)42-27-32(21-25-50(42)55(46)34-23-24-41-40-15-5-10-20-52(40)58-53(41)31-34)33-22-26-51-43(28-33)37-12-2-7-17-47(37)56(51)35-29-44-38-13-3-8-18-48(38)57-49-19-9-4-14-39(49)45(30-35)54(44)57/h1-31H. The van der Waals surface area contributed by atoms with E-state index in [1.165, 1.54) is 124 Å². The molecule has 3 nitrogen and oxygen atoms in total. The Bertz CT molecular complexity index is 3960. The van der Waals surface area contributed by atoms with Gasteiger partial charge in [0.25, 0.3) is 0 Å². The molecule has 5 aromatic heterocycles. The third kappa shape index (κ3) is 3.97. The molecule has 0 aliphatic rings. The Kier molecular flexibility index (Phi) is 5.91. The van der Waals surface area contributed by atoms with Crippen LogP contribution in [0.25, 0.3) is 124 Å². The second kappa shape index (κ2) is 11.1. The van der Waals surface area contributed by atoms with Crippen molar-refractivity contribution in [2.24, 2.45) is 0 Å². The lowest BCUT2D eigenvalue weighted by molar-refractivity contribution is 1.19. The van der Waals surface area contributed by atoms with Crippen LogP contribution in [0.1, 0.15) is 0 Å². The molecule has 0 saturated heterocycles. The van der Waals surface area contributed by atoms with Crippen LogP contribution in [-0.2, 0) is 0 Å². The predicted molar refractivity (Wildman–Crippen MR) is 248 cm³/mol. The number of benzene rings is 9. The smallest absolute Gasteiger partial charge is 0.0622 e. The summed E-state index contributed by atoms with van der Waals surface area (Å²) in [6.45, 7) is 0. The normalized spacial score (nSPS) is 12.5. The van der Waals surface area contributed by atoms with Gasteiger partial charge in [-0.1, -0.05) is 109 Å². The number of thiophene rings is 1. The number of rotatable bonds is 3. The summed E-state index contributed by atoms with van der Waals surface area (Å²) in [6.07, 6.45) is 0. The first-order valence-electron chi connectivity index (χ1n) is 19.9. The van der Waals surface area contributed by atoms with Crippen LogP contribution in [0, 0.1) is 0 Å². The fourth-order valence-electron chi connectivity index (χ4n) is 10.3. The Morgan fingerprint density at radius 1 is 0.276 bits per heavy atom. The topological polar surface area (TPSA) is 14.3 Å². The van der Waals surface area contributed by atoms with Crippen molar-refractivity contribution in [2.45, 2.75) is 0 Å². The highest BCUT2D eigenvalue weighted by Gasteiger charge is 2.21. The molecular weight excluding hydrogens is 723 g/mol. The fraction of sp³-hybridized carbons (Fsp3) is 0. The Morgan fingerprint density at radius 2 is 0.724 bits per heavy atom. The van der Waals surface area contributed by atoms with Crippen molar-refractivity contribution < 1.29 is 0 Å². The van der Waals surface area contributed by atoms with E-state index in [0.29, 0.717) is 0 Å². The third-order valence-corrected chi connectivity index (χ3v) is 13.9. The van der Waals surface area contributed by atoms with Gasteiger partial charge in [-0.05, 0) is 90.0 Å². The maximum atomic E-state index is 2.47. The van der Waals surface area contributed by atoms with Gasteiger partial charge in [0, 0.05) is 74.6 Å². The Morgan fingerprint density at radius 3 is 1.31 bits per heavy atom. The molecule has 9 aromatic carbocycles. The van der Waals surface area contributed by atoms with E-state index < -0.39 is 0 Å². The van der Waals surface area contributed by atoms with E-state index >= 15 is 0 Å². The SMILES string of the molecule is c1ccc2c(c1)sc1cc(-n3c4ccccc4c4cc(-c5ccc6c(c5)c5ccccc5n6-c5cc6c7ccccc7n7c8ccccc8c(c5)c67)ccc43)ccc12. The lowest BCUT2D eigenvalue weighted by Gasteiger charge is -2.10. The second-order valence-corrected chi connectivity index (χ2v) is 16.8. The maximum Gasteiger partial charge on any atom is 0.0622 e. The summed E-state index contributed by atoms with van der Waals surface area (Å²) in [5.74, 6) is 0. The second-order valence-electron chi connectivity index (χ2n) is 15.7. The Balaban J connectivity index is 0.963. The molecule has 4 heteroatoms. The Hall–Kier alpha value is -7.40. The quantitative estimate of drug-likeness (QED) is 0.171. The van der Waals surface area contributed by atoms with E-state index in [2.05, 4.69) is 202 Å². The highest BCUT2D eigenvalue weighted by atomic mass is 32.1. The highest BCUT2D eigenvalue weighted by molar-refractivity contribution is 7.25. The molecular formula is C54H31N3S. The molecule has 0 saturated carbocycles. The minimum absolute atomic E-state index is 1.18. The zero-order valence-electron chi connectivity index (χ0n) is 31.1. The summed E-state index contributed by atoms with van der Waals surface area (Å²) in [5, 5.41) is 12.8. The zero-order chi connectivity index (χ0) is 37.6. The molecule has 268 valence electrons. The van der Waals surface area contributed by atoms with Crippen molar-refractivity contribution in [1.29, 1.82) is 0 Å². The van der Waals surface area contributed by atoms with Gasteiger partial charge < -0.3 is 13.5 Å². The van der Waals surface area contributed by atoms with Crippen molar-refractivity contribution in [3.8, 4) is 22.5 Å². The molecule has 58 heavy (non-hydrogen) atoms. The first-order valence-corrected chi connectivity index (χ1v) is 20.7. The molecule has 0 radical (unpaired) electrons. The number of hydrogen-bond donors (Lipinski definition) is 0. The van der Waals surface area contributed by atoms with Crippen molar-refractivity contribution in [2.75, 3.05) is 0 Å². The van der Waals surface area contributed by atoms with Gasteiger partial charge in [0.1, 0.15) is 0 Å². The highest BCUT2D eigenvalue weighted by Crippen LogP contribution is 2.44. The third-order valence-electron chi connectivity index (χ3n) is 12.7. The molecule has 0 spiro atoms. The molecule has 5 heterocycles. The molecule has 0 atom stereocenters. The number of hydrogen-bond acceptors (Lipinski definition) is 1. The van der Waals surface area contributed by atoms with Gasteiger partial charge in [0.2, 0.25) is 0 Å². The monoisotopic (exact) mass is 753 g/mol. The van der Waals surface area contributed by atoms with Crippen LogP contribution in [0.15, 0.2) is 188 Å². The largest absolute Gasteiger partial charge is 0.309 e. The zero-order valence-corrected chi connectivity index (χ0v) is 32.0. The molecule has 0 unspecified atom stereocenters. The van der Waals surface area contributed by atoms with Crippen LogP contribution in [0.5, 0.6) is 0 Å². The van der Waals surface area contributed by atoms with Crippen LogP contribution in [0.4, 0.5) is 0 Å². The van der Waals surface area contributed by atoms with E-state index in [1.807, 2.05) is 11.3 Å². The fourth-order valence-corrected chi connectivity index (χ4v) is 11.4. The molecule has 0 bridgehead atoms. The molecule has 14 rings (SSSR count). The summed E-state index contributed by atoms with van der Waals surface area (Å²) in [6, 6.07) is 70.0. The van der Waals surface area contributed by atoms with Crippen LogP contribution in [-0.4, -0.2) is 13.5 Å².